The summed E-state index contributed by atoms with van der Waals surface area (Å²) in [7, 11) is 0. The summed E-state index contributed by atoms with van der Waals surface area (Å²) in [5.74, 6) is 1.52. The van der Waals surface area contributed by atoms with E-state index in [1.807, 2.05) is 43.0 Å². The van der Waals surface area contributed by atoms with Crippen LogP contribution < -0.4 is 4.74 Å². The van der Waals surface area contributed by atoms with Crippen molar-refractivity contribution in [3.8, 4) is 5.75 Å². The normalized spacial score (nSPS) is 20.6. The second-order valence-electron chi connectivity index (χ2n) is 5.86. The summed E-state index contributed by atoms with van der Waals surface area (Å²) in [5, 5.41) is 0. The Morgan fingerprint density at radius 2 is 2.10 bits per heavy atom. The molecule has 20 heavy (non-hydrogen) atoms. The first kappa shape index (κ1) is 14.9. The minimum absolute atomic E-state index is 0.139. The summed E-state index contributed by atoms with van der Waals surface area (Å²) in [6, 6.07) is 7.89. The fourth-order valence-corrected chi connectivity index (χ4v) is 2.68. The highest BCUT2D eigenvalue weighted by Crippen LogP contribution is 2.20. The van der Waals surface area contributed by atoms with E-state index in [-0.39, 0.29) is 12.0 Å². The molecular formula is C17H25NO2. The first-order chi connectivity index (χ1) is 9.60. The van der Waals surface area contributed by atoms with Crippen LogP contribution in [0.2, 0.25) is 0 Å². The van der Waals surface area contributed by atoms with Crippen LogP contribution in [0.4, 0.5) is 0 Å². The van der Waals surface area contributed by atoms with Crippen LogP contribution in [0.15, 0.2) is 24.3 Å². The summed E-state index contributed by atoms with van der Waals surface area (Å²) in [6.45, 7) is 8.00. The molecule has 1 aliphatic rings. The van der Waals surface area contributed by atoms with Crippen LogP contribution in [0.5, 0.6) is 5.75 Å². The molecule has 1 aliphatic heterocycles. The van der Waals surface area contributed by atoms with E-state index < -0.39 is 0 Å². The van der Waals surface area contributed by atoms with Gasteiger partial charge in [0.15, 0.2) is 6.10 Å². The number of rotatable bonds is 4. The van der Waals surface area contributed by atoms with E-state index in [4.69, 9.17) is 4.74 Å². The van der Waals surface area contributed by atoms with E-state index in [1.165, 1.54) is 12.0 Å². The quantitative estimate of drug-likeness (QED) is 0.842. The first-order valence-electron chi connectivity index (χ1n) is 7.62. The van der Waals surface area contributed by atoms with Crippen molar-refractivity contribution in [2.75, 3.05) is 13.1 Å². The zero-order valence-corrected chi connectivity index (χ0v) is 12.8. The Kier molecular flexibility index (Phi) is 5.05. The second kappa shape index (κ2) is 6.78. The maximum atomic E-state index is 12.5. The summed E-state index contributed by atoms with van der Waals surface area (Å²) >= 11 is 0. The standard InChI is InChI=1S/C17H25NO2/c1-4-16(20-15-9-7-13(2)8-10-15)17(19)18-11-5-6-14(3)12-18/h7-10,14,16H,4-6,11-12H2,1-3H3/t14-,16+/m0/s1. The first-order valence-corrected chi connectivity index (χ1v) is 7.62. The molecule has 1 aromatic carbocycles. The summed E-state index contributed by atoms with van der Waals surface area (Å²) in [5.41, 5.74) is 1.20. The maximum Gasteiger partial charge on any atom is 0.263 e. The molecule has 0 radical (unpaired) electrons. The van der Waals surface area contributed by atoms with E-state index in [0.717, 1.165) is 25.3 Å². The maximum absolute atomic E-state index is 12.5. The number of benzene rings is 1. The Bertz CT molecular complexity index is 441. The molecule has 0 N–H and O–H groups in total. The molecule has 0 bridgehead atoms. The average molecular weight is 275 g/mol. The van der Waals surface area contributed by atoms with Gasteiger partial charge in [-0.3, -0.25) is 4.79 Å². The molecule has 3 heteroatoms. The van der Waals surface area contributed by atoms with Crippen molar-refractivity contribution in [3.05, 3.63) is 29.8 Å². The molecular weight excluding hydrogens is 250 g/mol. The van der Waals surface area contributed by atoms with Crippen LogP contribution in [0, 0.1) is 12.8 Å². The Hall–Kier alpha value is -1.51. The number of piperidine rings is 1. The van der Waals surface area contributed by atoms with Crippen molar-refractivity contribution in [3.63, 3.8) is 0 Å². The highest BCUT2D eigenvalue weighted by atomic mass is 16.5. The van der Waals surface area contributed by atoms with E-state index in [0.29, 0.717) is 12.3 Å². The Morgan fingerprint density at radius 3 is 2.70 bits per heavy atom. The number of aryl methyl sites for hydroxylation is 1. The number of carbonyl (C=O) groups is 1. The second-order valence-corrected chi connectivity index (χ2v) is 5.86. The third-order valence-corrected chi connectivity index (χ3v) is 3.91. The number of ether oxygens (including phenoxy) is 1. The molecule has 110 valence electrons. The average Bonchev–Trinajstić information content (AvgIpc) is 2.46. The fourth-order valence-electron chi connectivity index (χ4n) is 2.68. The lowest BCUT2D eigenvalue weighted by Gasteiger charge is -2.33. The molecule has 0 aliphatic carbocycles. The Morgan fingerprint density at radius 1 is 1.40 bits per heavy atom. The summed E-state index contributed by atoms with van der Waals surface area (Å²) in [4.78, 5) is 14.5. The number of amides is 1. The highest BCUT2D eigenvalue weighted by Gasteiger charge is 2.27. The van der Waals surface area contributed by atoms with Gasteiger partial charge in [0, 0.05) is 13.1 Å². The molecule has 2 rings (SSSR count). The molecule has 1 fully saturated rings. The zero-order chi connectivity index (χ0) is 14.5. The third-order valence-electron chi connectivity index (χ3n) is 3.91. The fraction of sp³-hybridized carbons (Fsp3) is 0.588. The van der Waals surface area contributed by atoms with Gasteiger partial charge in [-0.2, -0.15) is 0 Å². The lowest BCUT2D eigenvalue weighted by Crippen LogP contribution is -2.46. The molecule has 0 spiro atoms. The van der Waals surface area contributed by atoms with E-state index in [9.17, 15) is 4.79 Å². The molecule has 0 unspecified atom stereocenters. The van der Waals surface area contributed by atoms with Crippen molar-refractivity contribution in [2.24, 2.45) is 5.92 Å². The largest absolute Gasteiger partial charge is 0.481 e. The number of nitrogens with zero attached hydrogens (tertiary/aromatic N) is 1. The predicted octanol–water partition coefficient (Wildman–Crippen LogP) is 3.41. The number of hydrogen-bond donors (Lipinski definition) is 0. The Balaban J connectivity index is 2.00. The van der Waals surface area contributed by atoms with Crippen LogP contribution in [-0.4, -0.2) is 30.0 Å². The van der Waals surface area contributed by atoms with Crippen LogP contribution in [0.25, 0.3) is 0 Å². The van der Waals surface area contributed by atoms with Gasteiger partial charge in [0.1, 0.15) is 5.75 Å². The number of carbonyl (C=O) groups excluding carboxylic acids is 1. The lowest BCUT2D eigenvalue weighted by atomic mass is 9.99. The van der Waals surface area contributed by atoms with Crippen LogP contribution in [-0.2, 0) is 4.79 Å². The third kappa shape index (κ3) is 3.75. The molecule has 1 amide bonds. The van der Waals surface area contributed by atoms with Crippen LogP contribution >= 0.6 is 0 Å². The molecule has 0 saturated carbocycles. The van der Waals surface area contributed by atoms with Gasteiger partial charge < -0.3 is 9.64 Å². The minimum Gasteiger partial charge on any atom is -0.481 e. The number of likely N-dealkylation sites (tertiary alicyclic amines) is 1. The zero-order valence-electron chi connectivity index (χ0n) is 12.8. The topological polar surface area (TPSA) is 29.5 Å². The van der Waals surface area contributed by atoms with Crippen molar-refractivity contribution in [1.82, 2.24) is 4.90 Å². The highest BCUT2D eigenvalue weighted by molar-refractivity contribution is 5.81. The van der Waals surface area contributed by atoms with Gasteiger partial charge in [-0.15, -0.1) is 0 Å². The molecule has 1 saturated heterocycles. The number of hydrogen-bond acceptors (Lipinski definition) is 2. The van der Waals surface area contributed by atoms with Crippen molar-refractivity contribution in [2.45, 2.75) is 46.1 Å². The van der Waals surface area contributed by atoms with Gasteiger partial charge in [0.05, 0.1) is 0 Å². The van der Waals surface area contributed by atoms with Gasteiger partial charge >= 0.3 is 0 Å². The SMILES string of the molecule is CC[C@@H](Oc1ccc(C)cc1)C(=O)N1CCC[C@H](C)C1. The smallest absolute Gasteiger partial charge is 0.263 e. The van der Waals surface area contributed by atoms with Crippen LogP contribution in [0.1, 0.15) is 38.7 Å². The molecule has 3 nitrogen and oxygen atoms in total. The summed E-state index contributed by atoms with van der Waals surface area (Å²) in [6.07, 6.45) is 2.67. The van der Waals surface area contributed by atoms with Gasteiger partial charge in [0.2, 0.25) is 0 Å². The lowest BCUT2D eigenvalue weighted by molar-refractivity contribution is -0.140. The predicted molar refractivity (Wildman–Crippen MR) is 80.9 cm³/mol. The van der Waals surface area contributed by atoms with Crippen molar-refractivity contribution in [1.29, 1.82) is 0 Å². The van der Waals surface area contributed by atoms with Crippen molar-refractivity contribution >= 4 is 5.91 Å². The van der Waals surface area contributed by atoms with E-state index >= 15 is 0 Å². The van der Waals surface area contributed by atoms with E-state index in [2.05, 4.69) is 6.92 Å². The van der Waals surface area contributed by atoms with Gasteiger partial charge in [-0.1, -0.05) is 31.5 Å². The van der Waals surface area contributed by atoms with E-state index in [1.54, 1.807) is 0 Å². The monoisotopic (exact) mass is 275 g/mol. The molecule has 0 aromatic heterocycles. The van der Waals surface area contributed by atoms with Gasteiger partial charge in [-0.05, 0) is 44.2 Å². The van der Waals surface area contributed by atoms with Gasteiger partial charge in [-0.25, -0.2) is 0 Å². The van der Waals surface area contributed by atoms with Crippen LogP contribution in [0.3, 0.4) is 0 Å². The molecule has 2 atom stereocenters. The van der Waals surface area contributed by atoms with Gasteiger partial charge in [0.25, 0.3) is 5.91 Å². The Labute approximate surface area is 121 Å². The minimum atomic E-state index is -0.358. The molecule has 1 heterocycles. The summed E-state index contributed by atoms with van der Waals surface area (Å²) < 4.78 is 5.88. The molecule has 1 aromatic rings. The van der Waals surface area contributed by atoms with Crippen molar-refractivity contribution < 1.29 is 9.53 Å².